The van der Waals surface area contributed by atoms with Gasteiger partial charge in [0.25, 0.3) is 0 Å². The molecule has 0 saturated heterocycles. The number of benzene rings is 9. The summed E-state index contributed by atoms with van der Waals surface area (Å²) in [6, 6.07) is 78.9. The Morgan fingerprint density at radius 1 is 0.315 bits per heavy atom. The van der Waals surface area contributed by atoms with Crippen LogP contribution in [0.4, 0.5) is 17.1 Å². The molecule has 254 valence electrons. The van der Waals surface area contributed by atoms with E-state index in [1.807, 2.05) is 0 Å². The van der Waals surface area contributed by atoms with Crippen LogP contribution in [-0.2, 0) is 0 Å². The minimum Gasteiger partial charge on any atom is -0.309 e. The maximum atomic E-state index is 2.45. The number of aromatic nitrogens is 1. The Bertz CT molecular complexity index is 2920. The monoisotopic (exact) mass is 688 g/mol. The van der Waals surface area contributed by atoms with Crippen LogP contribution in [0.1, 0.15) is 0 Å². The van der Waals surface area contributed by atoms with Crippen molar-refractivity contribution in [1.82, 2.24) is 4.57 Å². The standard InChI is InChI=1S/C52H36N2/c1-3-17-37(18-4-1)38-33-35-41(36-34-38)53(47-31-15-22-40-21-7-8-23-42(40)47)49-29-13-10-25-44(49)45-27-16-32-51-52(45)46-26-11-14-30-50(46)54(51)48-28-12-9-24-43(48)39-19-5-2-6-20-39/h1-36H. The van der Waals surface area contributed by atoms with Crippen LogP contribution < -0.4 is 4.90 Å². The van der Waals surface area contributed by atoms with Crippen LogP contribution in [0.15, 0.2) is 218 Å². The van der Waals surface area contributed by atoms with Gasteiger partial charge in [0.15, 0.2) is 0 Å². The summed E-state index contributed by atoms with van der Waals surface area (Å²) in [5, 5.41) is 4.88. The summed E-state index contributed by atoms with van der Waals surface area (Å²) in [7, 11) is 0. The molecule has 0 aliphatic carbocycles. The second-order valence-corrected chi connectivity index (χ2v) is 13.7. The maximum Gasteiger partial charge on any atom is 0.0547 e. The van der Waals surface area contributed by atoms with E-state index in [0.717, 1.165) is 22.7 Å². The molecule has 0 saturated carbocycles. The fourth-order valence-electron chi connectivity index (χ4n) is 8.17. The normalized spacial score (nSPS) is 11.3. The van der Waals surface area contributed by atoms with E-state index in [9.17, 15) is 0 Å². The summed E-state index contributed by atoms with van der Waals surface area (Å²) in [6.45, 7) is 0. The minimum atomic E-state index is 1.10. The van der Waals surface area contributed by atoms with Crippen molar-refractivity contribution in [3.8, 4) is 39.1 Å². The molecule has 0 spiro atoms. The summed E-state index contributed by atoms with van der Waals surface area (Å²) in [5.74, 6) is 0. The quantitative estimate of drug-likeness (QED) is 0.162. The number of anilines is 3. The Morgan fingerprint density at radius 3 is 1.67 bits per heavy atom. The van der Waals surface area contributed by atoms with E-state index < -0.39 is 0 Å². The van der Waals surface area contributed by atoms with E-state index in [1.165, 1.54) is 66.0 Å². The summed E-state index contributed by atoms with van der Waals surface area (Å²) < 4.78 is 2.45. The Kier molecular flexibility index (Phi) is 7.85. The first-order valence-electron chi connectivity index (χ1n) is 18.5. The molecular formula is C52H36N2. The zero-order valence-corrected chi connectivity index (χ0v) is 29.7. The van der Waals surface area contributed by atoms with Crippen molar-refractivity contribution in [2.24, 2.45) is 0 Å². The zero-order chi connectivity index (χ0) is 35.8. The lowest BCUT2D eigenvalue weighted by Gasteiger charge is -2.29. The largest absolute Gasteiger partial charge is 0.309 e. The van der Waals surface area contributed by atoms with Gasteiger partial charge in [0.1, 0.15) is 0 Å². The van der Waals surface area contributed by atoms with Crippen LogP contribution in [0.25, 0.3) is 71.6 Å². The van der Waals surface area contributed by atoms with Gasteiger partial charge in [-0.2, -0.15) is 0 Å². The van der Waals surface area contributed by atoms with Crippen molar-refractivity contribution in [1.29, 1.82) is 0 Å². The minimum absolute atomic E-state index is 1.10. The lowest BCUT2D eigenvalue weighted by molar-refractivity contribution is 1.18. The molecule has 10 aromatic rings. The van der Waals surface area contributed by atoms with Crippen LogP contribution in [0.5, 0.6) is 0 Å². The van der Waals surface area contributed by atoms with Gasteiger partial charge in [-0.25, -0.2) is 0 Å². The average molecular weight is 689 g/mol. The first-order chi connectivity index (χ1) is 26.8. The smallest absolute Gasteiger partial charge is 0.0547 e. The highest BCUT2D eigenvalue weighted by atomic mass is 15.1. The molecule has 1 aromatic heterocycles. The van der Waals surface area contributed by atoms with Gasteiger partial charge < -0.3 is 9.47 Å². The highest BCUT2D eigenvalue weighted by Crippen LogP contribution is 2.47. The first kappa shape index (κ1) is 31.6. The van der Waals surface area contributed by atoms with Gasteiger partial charge in [0, 0.05) is 33.0 Å². The van der Waals surface area contributed by atoms with Crippen molar-refractivity contribution in [2.75, 3.05) is 4.90 Å². The molecule has 0 N–H and O–H groups in total. The molecule has 0 unspecified atom stereocenters. The van der Waals surface area contributed by atoms with Gasteiger partial charge in [-0.3, -0.25) is 0 Å². The number of nitrogens with zero attached hydrogens (tertiary/aromatic N) is 2. The van der Waals surface area contributed by atoms with Crippen LogP contribution in [0, 0.1) is 0 Å². The topological polar surface area (TPSA) is 8.17 Å². The van der Waals surface area contributed by atoms with Crippen LogP contribution in [0.3, 0.4) is 0 Å². The predicted octanol–water partition coefficient (Wildman–Crippen LogP) is 14.4. The zero-order valence-electron chi connectivity index (χ0n) is 29.7. The third-order valence-electron chi connectivity index (χ3n) is 10.6. The van der Waals surface area contributed by atoms with E-state index in [2.05, 4.69) is 228 Å². The summed E-state index contributed by atoms with van der Waals surface area (Å²) in [4.78, 5) is 2.44. The average Bonchev–Trinajstić information content (AvgIpc) is 3.59. The number of para-hydroxylation sites is 3. The summed E-state index contributed by atoms with van der Waals surface area (Å²) in [6.07, 6.45) is 0. The number of hydrogen-bond donors (Lipinski definition) is 0. The Hall–Kier alpha value is -7.16. The SMILES string of the molecule is c1ccc(-c2ccc(N(c3ccccc3-c3cccc4c3c3ccccc3n4-c3ccccc3-c3ccccc3)c3cccc4ccccc34)cc2)cc1. The molecule has 0 fully saturated rings. The number of hydrogen-bond acceptors (Lipinski definition) is 1. The van der Waals surface area contributed by atoms with E-state index in [1.54, 1.807) is 0 Å². The molecule has 0 atom stereocenters. The van der Waals surface area contributed by atoms with Gasteiger partial charge >= 0.3 is 0 Å². The maximum absolute atomic E-state index is 2.45. The Morgan fingerprint density at radius 2 is 0.852 bits per heavy atom. The molecule has 0 amide bonds. The fraction of sp³-hybridized carbons (Fsp3) is 0. The molecule has 2 heteroatoms. The van der Waals surface area contributed by atoms with Gasteiger partial charge in [-0.15, -0.1) is 0 Å². The molecule has 54 heavy (non-hydrogen) atoms. The van der Waals surface area contributed by atoms with Gasteiger partial charge in [-0.1, -0.05) is 176 Å². The second-order valence-electron chi connectivity index (χ2n) is 13.7. The molecule has 10 rings (SSSR count). The third kappa shape index (κ3) is 5.36. The lowest BCUT2D eigenvalue weighted by atomic mass is 9.96. The first-order valence-corrected chi connectivity index (χ1v) is 18.5. The summed E-state index contributed by atoms with van der Waals surface area (Å²) >= 11 is 0. The van der Waals surface area contributed by atoms with Crippen LogP contribution in [-0.4, -0.2) is 4.57 Å². The number of fused-ring (bicyclic) bond motifs is 4. The number of rotatable bonds is 7. The Balaban J connectivity index is 1.22. The molecule has 0 bridgehead atoms. The molecule has 1 heterocycles. The van der Waals surface area contributed by atoms with Crippen molar-refractivity contribution in [3.05, 3.63) is 218 Å². The van der Waals surface area contributed by atoms with Crippen LogP contribution >= 0.6 is 0 Å². The molecule has 2 nitrogen and oxygen atoms in total. The van der Waals surface area contributed by atoms with E-state index in [4.69, 9.17) is 0 Å². The summed E-state index contributed by atoms with van der Waals surface area (Å²) in [5.41, 5.74) is 14.0. The van der Waals surface area contributed by atoms with E-state index >= 15 is 0 Å². The van der Waals surface area contributed by atoms with Gasteiger partial charge in [-0.05, 0) is 70.1 Å². The van der Waals surface area contributed by atoms with Crippen molar-refractivity contribution < 1.29 is 0 Å². The van der Waals surface area contributed by atoms with E-state index in [-0.39, 0.29) is 0 Å². The third-order valence-corrected chi connectivity index (χ3v) is 10.6. The van der Waals surface area contributed by atoms with Crippen molar-refractivity contribution in [3.63, 3.8) is 0 Å². The molecular weight excluding hydrogens is 653 g/mol. The molecule has 0 aliphatic rings. The molecule has 0 radical (unpaired) electrons. The van der Waals surface area contributed by atoms with Crippen LogP contribution in [0.2, 0.25) is 0 Å². The fourth-order valence-corrected chi connectivity index (χ4v) is 8.17. The van der Waals surface area contributed by atoms with E-state index in [0.29, 0.717) is 0 Å². The second kappa shape index (κ2) is 13.4. The lowest BCUT2D eigenvalue weighted by Crippen LogP contribution is -2.11. The highest BCUT2D eigenvalue weighted by molar-refractivity contribution is 6.17. The molecule has 9 aromatic carbocycles. The van der Waals surface area contributed by atoms with Gasteiger partial charge in [0.2, 0.25) is 0 Å². The predicted molar refractivity (Wildman–Crippen MR) is 229 cm³/mol. The van der Waals surface area contributed by atoms with Crippen molar-refractivity contribution in [2.45, 2.75) is 0 Å². The Labute approximate surface area is 315 Å². The van der Waals surface area contributed by atoms with Gasteiger partial charge in [0.05, 0.1) is 28.1 Å². The molecule has 0 aliphatic heterocycles. The highest BCUT2D eigenvalue weighted by Gasteiger charge is 2.23. The van der Waals surface area contributed by atoms with Crippen molar-refractivity contribution >= 4 is 49.6 Å².